The van der Waals surface area contributed by atoms with E-state index in [1.54, 1.807) is 0 Å². The zero-order chi connectivity index (χ0) is 13.7. The SMILES string of the molecule is CC(C)(C)CC(O)CNCC(=O)OC(C)(C)C. The molecule has 0 aliphatic carbocycles. The molecule has 4 nitrogen and oxygen atoms in total. The van der Waals surface area contributed by atoms with Crippen LogP contribution in [0.2, 0.25) is 0 Å². The van der Waals surface area contributed by atoms with Crippen LogP contribution in [0.25, 0.3) is 0 Å². The van der Waals surface area contributed by atoms with Crippen molar-refractivity contribution in [3.05, 3.63) is 0 Å². The van der Waals surface area contributed by atoms with E-state index in [2.05, 4.69) is 26.1 Å². The van der Waals surface area contributed by atoms with Crippen molar-refractivity contribution in [2.24, 2.45) is 5.41 Å². The first-order valence-corrected chi connectivity index (χ1v) is 6.10. The molecule has 0 heterocycles. The Morgan fingerprint density at radius 2 is 1.76 bits per heavy atom. The summed E-state index contributed by atoms with van der Waals surface area (Å²) < 4.78 is 5.14. The summed E-state index contributed by atoms with van der Waals surface area (Å²) in [4.78, 5) is 11.4. The van der Waals surface area contributed by atoms with Crippen molar-refractivity contribution in [2.75, 3.05) is 13.1 Å². The summed E-state index contributed by atoms with van der Waals surface area (Å²) in [6.45, 7) is 12.3. The van der Waals surface area contributed by atoms with E-state index in [0.29, 0.717) is 13.0 Å². The molecule has 0 aromatic carbocycles. The largest absolute Gasteiger partial charge is 0.459 e. The van der Waals surface area contributed by atoms with Gasteiger partial charge < -0.3 is 15.2 Å². The Morgan fingerprint density at radius 1 is 1.24 bits per heavy atom. The van der Waals surface area contributed by atoms with Gasteiger partial charge in [0.15, 0.2) is 0 Å². The summed E-state index contributed by atoms with van der Waals surface area (Å²) >= 11 is 0. The van der Waals surface area contributed by atoms with E-state index in [0.717, 1.165) is 0 Å². The molecule has 1 unspecified atom stereocenters. The van der Waals surface area contributed by atoms with Crippen LogP contribution < -0.4 is 5.32 Å². The molecule has 4 heteroatoms. The molecule has 17 heavy (non-hydrogen) atoms. The van der Waals surface area contributed by atoms with Crippen LogP contribution in [-0.4, -0.2) is 35.9 Å². The highest BCUT2D eigenvalue weighted by molar-refractivity contribution is 5.72. The van der Waals surface area contributed by atoms with Gasteiger partial charge in [-0.05, 0) is 32.6 Å². The van der Waals surface area contributed by atoms with Gasteiger partial charge in [-0.1, -0.05) is 20.8 Å². The molecule has 0 spiro atoms. The van der Waals surface area contributed by atoms with Crippen LogP contribution in [0.5, 0.6) is 0 Å². The standard InChI is InChI=1S/C13H27NO3/c1-12(2,3)7-10(15)8-14-9-11(16)17-13(4,5)6/h10,14-15H,7-9H2,1-6H3. The van der Waals surface area contributed by atoms with Gasteiger partial charge >= 0.3 is 5.97 Å². The smallest absolute Gasteiger partial charge is 0.320 e. The molecular weight excluding hydrogens is 218 g/mol. The number of aliphatic hydroxyl groups excluding tert-OH is 1. The normalized spacial score (nSPS) is 14.5. The quantitative estimate of drug-likeness (QED) is 0.724. The first-order valence-electron chi connectivity index (χ1n) is 6.10. The third-order valence-electron chi connectivity index (χ3n) is 1.92. The van der Waals surface area contributed by atoms with Gasteiger partial charge in [-0.2, -0.15) is 0 Å². The van der Waals surface area contributed by atoms with Crippen LogP contribution in [0.3, 0.4) is 0 Å². The van der Waals surface area contributed by atoms with Crippen molar-refractivity contribution in [1.29, 1.82) is 0 Å². The van der Waals surface area contributed by atoms with Gasteiger partial charge in [-0.25, -0.2) is 0 Å². The van der Waals surface area contributed by atoms with Crippen LogP contribution in [-0.2, 0) is 9.53 Å². The first kappa shape index (κ1) is 16.4. The lowest BCUT2D eigenvalue weighted by Crippen LogP contribution is -2.36. The zero-order valence-electron chi connectivity index (χ0n) is 12.0. The van der Waals surface area contributed by atoms with Crippen LogP contribution in [0, 0.1) is 5.41 Å². The molecule has 102 valence electrons. The van der Waals surface area contributed by atoms with E-state index < -0.39 is 11.7 Å². The summed E-state index contributed by atoms with van der Waals surface area (Å²) in [5, 5.41) is 12.6. The second-order valence-electron chi connectivity index (χ2n) is 6.64. The summed E-state index contributed by atoms with van der Waals surface area (Å²) in [6, 6.07) is 0. The van der Waals surface area contributed by atoms with Crippen molar-refractivity contribution in [3.8, 4) is 0 Å². The van der Waals surface area contributed by atoms with Gasteiger partial charge in [0.05, 0.1) is 12.6 Å². The maximum atomic E-state index is 11.4. The fourth-order valence-corrected chi connectivity index (χ4v) is 1.50. The highest BCUT2D eigenvalue weighted by atomic mass is 16.6. The van der Waals surface area contributed by atoms with Gasteiger partial charge in [0.2, 0.25) is 0 Å². The molecule has 0 aromatic heterocycles. The lowest BCUT2D eigenvalue weighted by atomic mass is 9.89. The van der Waals surface area contributed by atoms with Crippen molar-refractivity contribution >= 4 is 5.97 Å². The Kier molecular flexibility index (Phi) is 6.13. The third-order valence-corrected chi connectivity index (χ3v) is 1.92. The molecule has 1 atom stereocenters. The Balaban J connectivity index is 3.74. The number of hydrogen-bond acceptors (Lipinski definition) is 4. The van der Waals surface area contributed by atoms with Gasteiger partial charge in [0, 0.05) is 6.54 Å². The van der Waals surface area contributed by atoms with Gasteiger partial charge in [0.1, 0.15) is 5.60 Å². The fourth-order valence-electron chi connectivity index (χ4n) is 1.50. The molecule has 0 saturated carbocycles. The second-order valence-corrected chi connectivity index (χ2v) is 6.64. The fraction of sp³-hybridized carbons (Fsp3) is 0.923. The Bertz CT molecular complexity index is 238. The average molecular weight is 245 g/mol. The minimum absolute atomic E-state index is 0.0903. The van der Waals surface area contributed by atoms with Crippen LogP contribution in [0.15, 0.2) is 0 Å². The number of rotatable bonds is 5. The van der Waals surface area contributed by atoms with Crippen LogP contribution in [0.4, 0.5) is 0 Å². The predicted molar refractivity (Wildman–Crippen MR) is 68.8 cm³/mol. The van der Waals surface area contributed by atoms with E-state index >= 15 is 0 Å². The van der Waals surface area contributed by atoms with E-state index in [4.69, 9.17) is 4.74 Å². The maximum absolute atomic E-state index is 11.4. The molecule has 0 rings (SSSR count). The number of esters is 1. The van der Waals surface area contributed by atoms with Crippen LogP contribution in [0.1, 0.15) is 48.0 Å². The van der Waals surface area contributed by atoms with Gasteiger partial charge in [-0.3, -0.25) is 4.79 Å². The number of aliphatic hydroxyl groups is 1. The minimum Gasteiger partial charge on any atom is -0.459 e. The molecule has 0 aliphatic rings. The molecule has 0 bridgehead atoms. The Labute approximate surface area is 105 Å². The van der Waals surface area contributed by atoms with Crippen molar-refractivity contribution in [3.63, 3.8) is 0 Å². The summed E-state index contributed by atoms with van der Waals surface area (Å²) in [6.07, 6.45) is 0.270. The highest BCUT2D eigenvalue weighted by Gasteiger charge is 2.18. The minimum atomic E-state index is -0.456. The van der Waals surface area contributed by atoms with E-state index in [1.807, 2.05) is 20.8 Å². The molecular formula is C13H27NO3. The van der Waals surface area contributed by atoms with Crippen molar-refractivity contribution in [1.82, 2.24) is 5.32 Å². The third kappa shape index (κ3) is 11.6. The number of carbonyl (C=O) groups is 1. The molecule has 0 aliphatic heterocycles. The topological polar surface area (TPSA) is 58.6 Å². The van der Waals surface area contributed by atoms with Crippen molar-refractivity contribution < 1.29 is 14.6 Å². The summed E-state index contributed by atoms with van der Waals surface area (Å²) in [7, 11) is 0. The highest BCUT2D eigenvalue weighted by Crippen LogP contribution is 2.20. The maximum Gasteiger partial charge on any atom is 0.320 e. The number of nitrogens with one attached hydrogen (secondary N) is 1. The lowest BCUT2D eigenvalue weighted by Gasteiger charge is -2.23. The Hall–Kier alpha value is -0.610. The monoisotopic (exact) mass is 245 g/mol. The number of carbonyl (C=O) groups excluding carboxylic acids is 1. The van der Waals surface area contributed by atoms with E-state index in [9.17, 15) is 9.90 Å². The number of ether oxygens (including phenoxy) is 1. The second kappa shape index (κ2) is 6.36. The van der Waals surface area contributed by atoms with Crippen LogP contribution >= 0.6 is 0 Å². The molecule has 0 saturated heterocycles. The van der Waals surface area contributed by atoms with Gasteiger partial charge in [-0.15, -0.1) is 0 Å². The van der Waals surface area contributed by atoms with Crippen molar-refractivity contribution in [2.45, 2.75) is 59.7 Å². The molecule has 0 amide bonds. The molecule has 2 N–H and O–H groups in total. The van der Waals surface area contributed by atoms with Gasteiger partial charge in [0.25, 0.3) is 0 Å². The zero-order valence-corrected chi connectivity index (χ0v) is 12.0. The summed E-state index contributed by atoms with van der Waals surface area (Å²) in [5.74, 6) is -0.291. The predicted octanol–water partition coefficient (Wildman–Crippen LogP) is 1.71. The lowest BCUT2D eigenvalue weighted by molar-refractivity contribution is -0.153. The molecule has 0 aromatic rings. The summed E-state index contributed by atoms with van der Waals surface area (Å²) in [5.41, 5.74) is -0.365. The number of hydrogen-bond donors (Lipinski definition) is 2. The van der Waals surface area contributed by atoms with E-state index in [1.165, 1.54) is 0 Å². The molecule has 0 fully saturated rings. The molecule has 0 radical (unpaired) electrons. The average Bonchev–Trinajstić information content (AvgIpc) is 1.95. The Morgan fingerprint density at radius 3 is 2.18 bits per heavy atom. The first-order chi connectivity index (χ1) is 7.49. The van der Waals surface area contributed by atoms with E-state index in [-0.39, 0.29) is 17.9 Å².